The maximum Gasteiger partial charge on any atom is 0.135 e. The molecule has 17 heavy (non-hydrogen) atoms. The summed E-state index contributed by atoms with van der Waals surface area (Å²) in [6.45, 7) is 4.95. The standard InChI is InChI=1S/C15H30O2/c1-4-5-6-7-8-9-10-11-15(16)14(2)12-13-17-3/h14H,4-13H2,1-3H3. The van der Waals surface area contributed by atoms with E-state index >= 15 is 0 Å². The molecule has 0 bridgehead atoms. The van der Waals surface area contributed by atoms with Gasteiger partial charge in [0.15, 0.2) is 0 Å². The molecule has 0 spiro atoms. The van der Waals surface area contributed by atoms with Crippen molar-refractivity contribution in [3.63, 3.8) is 0 Å². The Morgan fingerprint density at radius 2 is 1.65 bits per heavy atom. The van der Waals surface area contributed by atoms with Gasteiger partial charge in [0.1, 0.15) is 5.78 Å². The first kappa shape index (κ1) is 16.6. The van der Waals surface area contributed by atoms with Gasteiger partial charge >= 0.3 is 0 Å². The fourth-order valence-electron chi connectivity index (χ4n) is 1.96. The number of Topliss-reactive ketones (excluding diaryl/α,β-unsaturated/α-hetero) is 1. The molecule has 102 valence electrons. The van der Waals surface area contributed by atoms with Crippen LogP contribution in [0.4, 0.5) is 0 Å². The van der Waals surface area contributed by atoms with Crippen molar-refractivity contribution in [2.45, 2.75) is 71.6 Å². The molecule has 0 saturated carbocycles. The molecule has 0 aromatic heterocycles. The van der Waals surface area contributed by atoms with Crippen molar-refractivity contribution in [3.8, 4) is 0 Å². The van der Waals surface area contributed by atoms with Crippen LogP contribution in [-0.4, -0.2) is 19.5 Å². The van der Waals surface area contributed by atoms with Gasteiger partial charge in [-0.3, -0.25) is 4.79 Å². The summed E-state index contributed by atoms with van der Waals surface area (Å²) >= 11 is 0. The van der Waals surface area contributed by atoms with Crippen LogP contribution >= 0.6 is 0 Å². The number of carbonyl (C=O) groups excluding carboxylic acids is 1. The summed E-state index contributed by atoms with van der Waals surface area (Å²) in [5.41, 5.74) is 0. The Morgan fingerprint density at radius 1 is 1.06 bits per heavy atom. The van der Waals surface area contributed by atoms with Crippen LogP contribution in [0.2, 0.25) is 0 Å². The highest BCUT2D eigenvalue weighted by molar-refractivity contribution is 5.80. The molecule has 0 aliphatic heterocycles. The molecule has 1 atom stereocenters. The summed E-state index contributed by atoms with van der Waals surface area (Å²) in [4.78, 5) is 11.7. The average molecular weight is 242 g/mol. The number of rotatable bonds is 12. The minimum atomic E-state index is 0.176. The highest BCUT2D eigenvalue weighted by atomic mass is 16.5. The summed E-state index contributed by atoms with van der Waals surface area (Å²) in [7, 11) is 1.69. The number of hydrogen-bond donors (Lipinski definition) is 0. The van der Waals surface area contributed by atoms with Gasteiger partial charge in [-0.05, 0) is 12.8 Å². The van der Waals surface area contributed by atoms with E-state index < -0.39 is 0 Å². The van der Waals surface area contributed by atoms with Gasteiger partial charge in [-0.25, -0.2) is 0 Å². The molecule has 0 saturated heterocycles. The molecule has 0 aliphatic carbocycles. The predicted octanol–water partition coefficient (Wildman–Crippen LogP) is 4.37. The van der Waals surface area contributed by atoms with Crippen LogP contribution in [0.1, 0.15) is 71.6 Å². The molecule has 0 heterocycles. The van der Waals surface area contributed by atoms with Crippen molar-refractivity contribution in [2.75, 3.05) is 13.7 Å². The zero-order valence-corrected chi connectivity index (χ0v) is 12.0. The molecule has 0 aromatic rings. The molecule has 1 unspecified atom stereocenters. The van der Waals surface area contributed by atoms with E-state index in [2.05, 4.69) is 6.92 Å². The summed E-state index contributed by atoms with van der Waals surface area (Å²) in [6, 6.07) is 0. The highest BCUT2D eigenvalue weighted by Gasteiger charge is 2.11. The molecule has 0 aromatic carbocycles. The zero-order chi connectivity index (χ0) is 12.9. The van der Waals surface area contributed by atoms with Gasteiger partial charge < -0.3 is 4.74 Å². The minimum Gasteiger partial charge on any atom is -0.385 e. The van der Waals surface area contributed by atoms with E-state index in [1.165, 1.54) is 38.5 Å². The third kappa shape index (κ3) is 10.5. The Labute approximate surface area is 107 Å². The van der Waals surface area contributed by atoms with Gasteiger partial charge in [0.2, 0.25) is 0 Å². The van der Waals surface area contributed by atoms with Crippen LogP contribution in [-0.2, 0) is 9.53 Å². The number of methoxy groups -OCH3 is 1. The second-order valence-electron chi connectivity index (χ2n) is 5.02. The third-order valence-electron chi connectivity index (χ3n) is 3.33. The van der Waals surface area contributed by atoms with Gasteiger partial charge in [0, 0.05) is 26.1 Å². The van der Waals surface area contributed by atoms with Gasteiger partial charge in [-0.2, -0.15) is 0 Å². The number of ether oxygens (including phenoxy) is 1. The topological polar surface area (TPSA) is 26.3 Å². The van der Waals surface area contributed by atoms with Gasteiger partial charge in [-0.1, -0.05) is 52.4 Å². The molecule has 0 rings (SSSR count). The number of hydrogen-bond acceptors (Lipinski definition) is 2. The quantitative estimate of drug-likeness (QED) is 0.475. The van der Waals surface area contributed by atoms with Crippen LogP contribution in [0.25, 0.3) is 0 Å². The second kappa shape index (κ2) is 12.1. The first-order chi connectivity index (χ1) is 8.22. The molecular weight excluding hydrogens is 212 g/mol. The zero-order valence-electron chi connectivity index (χ0n) is 12.0. The van der Waals surface area contributed by atoms with Crippen LogP contribution in [0.3, 0.4) is 0 Å². The van der Waals surface area contributed by atoms with Crippen molar-refractivity contribution in [1.82, 2.24) is 0 Å². The Balaban J connectivity index is 3.32. The monoisotopic (exact) mass is 242 g/mol. The summed E-state index contributed by atoms with van der Waals surface area (Å²) in [5, 5.41) is 0. The first-order valence-corrected chi connectivity index (χ1v) is 7.24. The lowest BCUT2D eigenvalue weighted by molar-refractivity contribution is -0.123. The second-order valence-corrected chi connectivity index (χ2v) is 5.02. The Kier molecular flexibility index (Phi) is 11.8. The highest BCUT2D eigenvalue weighted by Crippen LogP contribution is 2.12. The van der Waals surface area contributed by atoms with Gasteiger partial charge in [0.25, 0.3) is 0 Å². The van der Waals surface area contributed by atoms with Crippen molar-refractivity contribution < 1.29 is 9.53 Å². The van der Waals surface area contributed by atoms with Crippen molar-refractivity contribution >= 4 is 5.78 Å². The van der Waals surface area contributed by atoms with E-state index in [1.807, 2.05) is 6.92 Å². The lowest BCUT2D eigenvalue weighted by Gasteiger charge is -2.09. The van der Waals surface area contributed by atoms with Crippen LogP contribution < -0.4 is 0 Å². The van der Waals surface area contributed by atoms with E-state index in [-0.39, 0.29) is 5.92 Å². The van der Waals surface area contributed by atoms with Crippen molar-refractivity contribution in [1.29, 1.82) is 0 Å². The largest absolute Gasteiger partial charge is 0.385 e. The fourth-order valence-corrected chi connectivity index (χ4v) is 1.96. The first-order valence-electron chi connectivity index (χ1n) is 7.24. The average Bonchev–Trinajstić information content (AvgIpc) is 2.34. The molecule has 0 radical (unpaired) electrons. The van der Waals surface area contributed by atoms with Crippen LogP contribution in [0.5, 0.6) is 0 Å². The van der Waals surface area contributed by atoms with E-state index in [0.717, 1.165) is 19.3 Å². The summed E-state index contributed by atoms with van der Waals surface area (Å²) < 4.78 is 4.99. The molecule has 2 heteroatoms. The molecule has 0 amide bonds. The minimum absolute atomic E-state index is 0.176. The molecular formula is C15H30O2. The molecule has 0 N–H and O–H groups in total. The summed E-state index contributed by atoms with van der Waals surface area (Å²) in [5.74, 6) is 0.589. The smallest absolute Gasteiger partial charge is 0.135 e. The fraction of sp³-hybridized carbons (Fsp3) is 0.933. The van der Waals surface area contributed by atoms with E-state index in [4.69, 9.17) is 4.74 Å². The molecule has 2 nitrogen and oxygen atoms in total. The number of ketones is 1. The lowest BCUT2D eigenvalue weighted by atomic mass is 9.97. The Hall–Kier alpha value is -0.370. The van der Waals surface area contributed by atoms with Crippen LogP contribution in [0, 0.1) is 5.92 Å². The normalized spacial score (nSPS) is 12.6. The van der Waals surface area contributed by atoms with E-state index in [9.17, 15) is 4.79 Å². The molecule has 0 aliphatic rings. The number of unbranched alkanes of at least 4 members (excludes halogenated alkanes) is 6. The number of carbonyl (C=O) groups is 1. The maximum atomic E-state index is 11.7. The molecule has 0 fully saturated rings. The van der Waals surface area contributed by atoms with Gasteiger partial charge in [-0.15, -0.1) is 0 Å². The summed E-state index contributed by atoms with van der Waals surface area (Å²) in [6.07, 6.45) is 10.6. The predicted molar refractivity (Wildman–Crippen MR) is 73.3 cm³/mol. The Bertz CT molecular complexity index is 178. The maximum absolute atomic E-state index is 11.7. The van der Waals surface area contributed by atoms with Crippen molar-refractivity contribution in [2.24, 2.45) is 5.92 Å². The van der Waals surface area contributed by atoms with E-state index in [0.29, 0.717) is 12.4 Å². The van der Waals surface area contributed by atoms with Crippen molar-refractivity contribution in [3.05, 3.63) is 0 Å². The van der Waals surface area contributed by atoms with Gasteiger partial charge in [0.05, 0.1) is 0 Å². The SMILES string of the molecule is CCCCCCCCCC(=O)C(C)CCOC. The Morgan fingerprint density at radius 3 is 2.24 bits per heavy atom. The van der Waals surface area contributed by atoms with Crippen LogP contribution in [0.15, 0.2) is 0 Å². The van der Waals surface area contributed by atoms with E-state index in [1.54, 1.807) is 7.11 Å². The third-order valence-corrected chi connectivity index (χ3v) is 3.33. The lowest BCUT2D eigenvalue weighted by Crippen LogP contribution is -2.12.